The van der Waals surface area contributed by atoms with Crippen LogP contribution in [0.5, 0.6) is 0 Å². The van der Waals surface area contributed by atoms with Crippen molar-refractivity contribution in [3.05, 3.63) is 39.9 Å². The number of rotatable bonds is 6. The van der Waals surface area contributed by atoms with E-state index in [9.17, 15) is 36.4 Å². The Balaban J connectivity index is 1.94. The average molecular weight is 523 g/mol. The summed E-state index contributed by atoms with van der Waals surface area (Å²) in [6.07, 6.45) is -2.78. The molecule has 0 aromatic carbocycles. The molecule has 0 spiro atoms. The predicted molar refractivity (Wildman–Crippen MR) is 122 cm³/mol. The molecule has 4 rings (SSSR count). The van der Waals surface area contributed by atoms with Gasteiger partial charge in [-0.1, -0.05) is 6.92 Å². The van der Waals surface area contributed by atoms with Gasteiger partial charge in [0.05, 0.1) is 27.8 Å². The van der Waals surface area contributed by atoms with Crippen LogP contribution < -0.4 is 10.9 Å². The number of hydrogen-bond donors (Lipinski definition) is 1. The van der Waals surface area contributed by atoms with Gasteiger partial charge in [-0.25, -0.2) is 13.4 Å². The Morgan fingerprint density at radius 2 is 1.94 bits per heavy atom. The maximum Gasteiger partial charge on any atom is 0.431 e. The van der Waals surface area contributed by atoms with Gasteiger partial charge in [0, 0.05) is 19.8 Å². The van der Waals surface area contributed by atoms with Crippen molar-refractivity contribution in [2.24, 2.45) is 7.05 Å². The number of alkyl halides is 3. The maximum absolute atomic E-state index is 13.6. The Bertz CT molecular complexity index is 1610. The molecule has 1 N–H and O–H groups in total. The standard InChI is InChI=1S/C22H21F3N6O4S/c1-4-31-15(22(23,24)25)9-13-17(20(31)33)30(3)18(28-13)16-14(36(34,35)5-2)8-12(10-27-16)19(32)29-21(11-26)6-7-21/h8-10H,4-7H2,1-3H3,(H,29,32). The molecule has 36 heavy (non-hydrogen) atoms. The molecule has 190 valence electrons. The van der Waals surface area contributed by atoms with Crippen molar-refractivity contribution >= 4 is 26.8 Å². The van der Waals surface area contributed by atoms with E-state index in [1.54, 1.807) is 0 Å². The van der Waals surface area contributed by atoms with E-state index in [4.69, 9.17) is 0 Å². The zero-order chi connectivity index (χ0) is 26.6. The molecule has 1 amide bonds. The number of amides is 1. The van der Waals surface area contributed by atoms with Gasteiger partial charge in [0.2, 0.25) is 0 Å². The van der Waals surface area contributed by atoms with E-state index < -0.39 is 38.7 Å². The van der Waals surface area contributed by atoms with E-state index in [0.29, 0.717) is 17.4 Å². The molecular formula is C22H21F3N6O4S. The molecule has 0 atom stereocenters. The Hall–Kier alpha value is -3.73. The number of aryl methyl sites for hydroxylation is 1. The summed E-state index contributed by atoms with van der Waals surface area (Å²) in [5, 5.41) is 11.8. The number of fused-ring (bicyclic) bond motifs is 1. The van der Waals surface area contributed by atoms with Crippen LogP contribution in [0.25, 0.3) is 22.6 Å². The summed E-state index contributed by atoms with van der Waals surface area (Å²) in [7, 11) is -2.63. The van der Waals surface area contributed by atoms with E-state index in [0.717, 1.165) is 18.3 Å². The third kappa shape index (κ3) is 4.13. The van der Waals surface area contributed by atoms with Gasteiger partial charge in [-0.2, -0.15) is 18.4 Å². The van der Waals surface area contributed by atoms with E-state index >= 15 is 0 Å². The first-order valence-corrected chi connectivity index (χ1v) is 12.6. The van der Waals surface area contributed by atoms with Gasteiger partial charge in [-0.15, -0.1) is 0 Å². The topological polar surface area (TPSA) is 140 Å². The van der Waals surface area contributed by atoms with Crippen LogP contribution in [-0.2, 0) is 29.6 Å². The average Bonchev–Trinajstić information content (AvgIpc) is 3.52. The number of nitriles is 1. The van der Waals surface area contributed by atoms with Gasteiger partial charge < -0.3 is 14.5 Å². The van der Waals surface area contributed by atoms with Crippen molar-refractivity contribution in [2.45, 2.75) is 49.8 Å². The van der Waals surface area contributed by atoms with Crippen LogP contribution >= 0.6 is 0 Å². The number of carbonyl (C=O) groups excluding carboxylic acids is 1. The molecule has 14 heteroatoms. The number of nitrogens with one attached hydrogen (secondary N) is 1. The predicted octanol–water partition coefficient (Wildman–Crippen LogP) is 2.42. The molecule has 0 saturated heterocycles. The SMILES string of the molecule is CCn1c(C(F)(F)F)cc2nc(-c3ncc(C(=O)NC4(C#N)CC4)cc3S(=O)(=O)CC)n(C)c2c1=O. The third-order valence-corrected chi connectivity index (χ3v) is 7.84. The van der Waals surface area contributed by atoms with Crippen LogP contribution in [0, 0.1) is 11.3 Å². The summed E-state index contributed by atoms with van der Waals surface area (Å²) in [6, 6.07) is 3.83. The second-order valence-electron chi connectivity index (χ2n) is 8.43. The molecule has 0 aliphatic heterocycles. The summed E-state index contributed by atoms with van der Waals surface area (Å²) in [4.78, 5) is 33.5. The van der Waals surface area contributed by atoms with Crippen molar-refractivity contribution in [2.75, 3.05) is 5.75 Å². The molecule has 3 aromatic rings. The quantitative estimate of drug-likeness (QED) is 0.524. The highest BCUT2D eigenvalue weighted by atomic mass is 32.2. The van der Waals surface area contributed by atoms with Crippen molar-refractivity contribution < 1.29 is 26.4 Å². The van der Waals surface area contributed by atoms with Crippen LogP contribution in [-0.4, -0.2) is 44.7 Å². The zero-order valence-corrected chi connectivity index (χ0v) is 20.3. The van der Waals surface area contributed by atoms with Crippen LogP contribution in [0.3, 0.4) is 0 Å². The highest BCUT2D eigenvalue weighted by molar-refractivity contribution is 7.91. The summed E-state index contributed by atoms with van der Waals surface area (Å²) < 4.78 is 68.3. The number of aromatic nitrogens is 4. The number of imidazole rings is 1. The third-order valence-electron chi connectivity index (χ3n) is 6.10. The number of nitrogens with zero attached hydrogens (tertiary/aromatic N) is 5. The lowest BCUT2D eigenvalue weighted by Crippen LogP contribution is -2.35. The monoisotopic (exact) mass is 522 g/mol. The smallest absolute Gasteiger partial charge is 0.334 e. The molecule has 1 saturated carbocycles. The summed E-state index contributed by atoms with van der Waals surface area (Å²) in [5.74, 6) is -1.20. The minimum Gasteiger partial charge on any atom is -0.334 e. The zero-order valence-electron chi connectivity index (χ0n) is 19.5. The largest absolute Gasteiger partial charge is 0.431 e. The molecule has 1 aliphatic rings. The summed E-state index contributed by atoms with van der Waals surface area (Å²) in [5.41, 5.74) is -3.88. The van der Waals surface area contributed by atoms with Gasteiger partial charge in [0.25, 0.3) is 11.5 Å². The summed E-state index contributed by atoms with van der Waals surface area (Å²) in [6.45, 7) is 2.53. The Kier molecular flexibility index (Phi) is 5.95. The highest BCUT2D eigenvalue weighted by Gasteiger charge is 2.45. The first kappa shape index (κ1) is 25.4. The fraction of sp³-hybridized carbons (Fsp3) is 0.409. The second-order valence-corrected chi connectivity index (χ2v) is 10.7. The molecule has 3 heterocycles. The van der Waals surface area contributed by atoms with Crippen LogP contribution in [0.2, 0.25) is 0 Å². The maximum atomic E-state index is 13.6. The highest BCUT2D eigenvalue weighted by Crippen LogP contribution is 2.35. The van der Waals surface area contributed by atoms with Gasteiger partial charge in [0.15, 0.2) is 15.7 Å². The molecule has 1 aliphatic carbocycles. The van der Waals surface area contributed by atoms with Gasteiger partial charge >= 0.3 is 6.18 Å². The molecule has 0 unspecified atom stereocenters. The molecular weight excluding hydrogens is 501 g/mol. The van der Waals surface area contributed by atoms with Crippen molar-refractivity contribution in [3.8, 4) is 17.6 Å². The molecule has 3 aromatic heterocycles. The Labute approximate surface area is 203 Å². The Morgan fingerprint density at radius 1 is 1.28 bits per heavy atom. The molecule has 0 bridgehead atoms. The van der Waals surface area contributed by atoms with Gasteiger partial charge in [-0.05, 0) is 31.9 Å². The van der Waals surface area contributed by atoms with Crippen molar-refractivity contribution in [1.29, 1.82) is 5.26 Å². The fourth-order valence-corrected chi connectivity index (χ4v) is 4.94. The van der Waals surface area contributed by atoms with Gasteiger partial charge in [-0.3, -0.25) is 14.6 Å². The normalized spacial score (nSPS) is 15.0. The lowest BCUT2D eigenvalue weighted by Gasteiger charge is -2.14. The van der Waals surface area contributed by atoms with Crippen LogP contribution in [0.15, 0.2) is 28.0 Å². The number of carbonyl (C=O) groups is 1. The molecule has 0 radical (unpaired) electrons. The van der Waals surface area contributed by atoms with Gasteiger partial charge in [0.1, 0.15) is 22.4 Å². The second kappa shape index (κ2) is 8.44. The van der Waals surface area contributed by atoms with E-state index in [1.807, 2.05) is 6.07 Å². The first-order valence-electron chi connectivity index (χ1n) is 10.9. The number of sulfone groups is 1. The lowest BCUT2D eigenvalue weighted by atomic mass is 10.2. The molecule has 1 fully saturated rings. The van der Waals surface area contributed by atoms with E-state index in [2.05, 4.69) is 15.3 Å². The Morgan fingerprint density at radius 3 is 2.47 bits per heavy atom. The van der Waals surface area contributed by atoms with E-state index in [-0.39, 0.29) is 45.3 Å². The van der Waals surface area contributed by atoms with Crippen LogP contribution in [0.1, 0.15) is 42.7 Å². The minimum atomic E-state index is -4.81. The fourth-order valence-electron chi connectivity index (χ4n) is 3.89. The number of pyridine rings is 2. The first-order chi connectivity index (χ1) is 16.8. The van der Waals surface area contributed by atoms with Crippen molar-refractivity contribution in [3.63, 3.8) is 0 Å². The van der Waals surface area contributed by atoms with Crippen molar-refractivity contribution in [1.82, 2.24) is 24.4 Å². The summed E-state index contributed by atoms with van der Waals surface area (Å²) >= 11 is 0. The number of halogens is 3. The van der Waals surface area contributed by atoms with E-state index in [1.165, 1.54) is 25.5 Å². The lowest BCUT2D eigenvalue weighted by molar-refractivity contribution is -0.144. The van der Waals surface area contributed by atoms with Crippen LogP contribution in [0.4, 0.5) is 13.2 Å². The molecule has 10 nitrogen and oxygen atoms in total. The number of hydrogen-bond acceptors (Lipinski definition) is 7. The minimum absolute atomic E-state index is 0.112.